The summed E-state index contributed by atoms with van der Waals surface area (Å²) >= 11 is 0. The monoisotopic (exact) mass is 378 g/mol. The first-order valence-corrected chi connectivity index (χ1v) is 7.75. The minimum absolute atomic E-state index is 0.115. The molecule has 1 amide bonds. The first-order valence-electron chi connectivity index (χ1n) is 7.75. The van der Waals surface area contributed by atoms with E-state index in [4.69, 9.17) is 0 Å². The maximum atomic E-state index is 13.3. The first kappa shape index (κ1) is 18.4. The van der Waals surface area contributed by atoms with Gasteiger partial charge in [-0.05, 0) is 25.1 Å². The Hall–Kier alpha value is -3.43. The van der Waals surface area contributed by atoms with Crippen LogP contribution in [0.25, 0.3) is 11.0 Å². The number of aromatic nitrogens is 2. The van der Waals surface area contributed by atoms with E-state index in [1.165, 1.54) is 37.3 Å². The number of imidazole rings is 1. The summed E-state index contributed by atoms with van der Waals surface area (Å²) in [5.41, 5.74) is 0.450. The van der Waals surface area contributed by atoms with E-state index in [0.29, 0.717) is 0 Å². The largest absolute Gasteiger partial charge is 0.449 e. The molecule has 0 fully saturated rings. The number of carbonyl (C=O) groups excluding carboxylic acids is 1. The molecule has 0 aliphatic rings. The van der Waals surface area contributed by atoms with Crippen LogP contribution in [0.2, 0.25) is 0 Å². The van der Waals surface area contributed by atoms with Crippen LogP contribution in [-0.4, -0.2) is 20.4 Å². The lowest BCUT2D eigenvalue weighted by molar-refractivity contribution is -0.385. The van der Waals surface area contributed by atoms with Gasteiger partial charge in [-0.25, -0.2) is 4.98 Å². The Labute approximate surface area is 150 Å². The molecule has 1 N–H and O–H groups in total. The summed E-state index contributed by atoms with van der Waals surface area (Å²) in [5, 5.41) is 13.4. The molecule has 2 aromatic carbocycles. The molecule has 0 aliphatic heterocycles. The van der Waals surface area contributed by atoms with E-state index in [-0.39, 0.29) is 28.0 Å². The highest BCUT2D eigenvalue weighted by Gasteiger charge is 2.38. The van der Waals surface area contributed by atoms with Crippen molar-refractivity contribution in [1.29, 1.82) is 0 Å². The van der Waals surface area contributed by atoms with Gasteiger partial charge in [0.25, 0.3) is 5.69 Å². The van der Waals surface area contributed by atoms with Crippen LogP contribution in [0.4, 0.5) is 24.5 Å². The van der Waals surface area contributed by atoms with Gasteiger partial charge in [0.15, 0.2) is 0 Å². The normalized spacial score (nSPS) is 11.6. The molecule has 10 heteroatoms. The number of anilines is 1. The van der Waals surface area contributed by atoms with Crippen LogP contribution >= 0.6 is 0 Å². The van der Waals surface area contributed by atoms with Gasteiger partial charge in [-0.15, -0.1) is 0 Å². The summed E-state index contributed by atoms with van der Waals surface area (Å²) in [6.07, 6.45) is -4.74. The zero-order valence-electron chi connectivity index (χ0n) is 13.9. The van der Waals surface area contributed by atoms with Gasteiger partial charge >= 0.3 is 6.18 Å². The SMILES string of the molecule is Cc1c(NC(=O)Cn2c(C(F)(F)F)nc3ccccc32)cccc1[N+](=O)[O-]. The molecule has 0 atom stereocenters. The Morgan fingerprint density at radius 3 is 2.59 bits per heavy atom. The molecule has 1 aromatic heterocycles. The molecule has 140 valence electrons. The average molecular weight is 378 g/mol. The zero-order valence-corrected chi connectivity index (χ0v) is 13.9. The van der Waals surface area contributed by atoms with Crippen LogP contribution in [-0.2, 0) is 17.5 Å². The maximum absolute atomic E-state index is 13.3. The smallest absolute Gasteiger partial charge is 0.324 e. The van der Waals surface area contributed by atoms with Gasteiger partial charge in [-0.1, -0.05) is 18.2 Å². The highest BCUT2D eigenvalue weighted by atomic mass is 19.4. The molecule has 1 heterocycles. The lowest BCUT2D eigenvalue weighted by atomic mass is 10.1. The molecule has 27 heavy (non-hydrogen) atoms. The van der Waals surface area contributed by atoms with Gasteiger partial charge in [0.1, 0.15) is 6.54 Å². The van der Waals surface area contributed by atoms with Crippen LogP contribution in [0, 0.1) is 17.0 Å². The van der Waals surface area contributed by atoms with Gasteiger partial charge in [0, 0.05) is 6.07 Å². The molecule has 0 saturated carbocycles. The van der Waals surface area contributed by atoms with Gasteiger partial charge in [-0.2, -0.15) is 13.2 Å². The van der Waals surface area contributed by atoms with Crippen LogP contribution < -0.4 is 5.32 Å². The highest BCUT2D eigenvalue weighted by molar-refractivity contribution is 5.93. The summed E-state index contributed by atoms with van der Waals surface area (Å²) < 4.78 is 40.6. The summed E-state index contributed by atoms with van der Waals surface area (Å²) in [5.74, 6) is -1.94. The van der Waals surface area contributed by atoms with Crippen molar-refractivity contribution in [2.45, 2.75) is 19.6 Å². The van der Waals surface area contributed by atoms with Crippen molar-refractivity contribution in [3.05, 3.63) is 64.0 Å². The van der Waals surface area contributed by atoms with E-state index in [0.717, 1.165) is 4.57 Å². The average Bonchev–Trinajstić information content (AvgIpc) is 2.95. The number of nitro groups is 1. The van der Waals surface area contributed by atoms with E-state index in [1.54, 1.807) is 12.1 Å². The number of para-hydroxylation sites is 2. The third-order valence-corrected chi connectivity index (χ3v) is 3.99. The number of hydrogen-bond donors (Lipinski definition) is 1. The number of fused-ring (bicyclic) bond motifs is 1. The second kappa shape index (κ2) is 6.71. The van der Waals surface area contributed by atoms with Gasteiger partial charge in [-0.3, -0.25) is 14.9 Å². The molecule has 0 radical (unpaired) electrons. The fourth-order valence-electron chi connectivity index (χ4n) is 2.74. The summed E-state index contributed by atoms with van der Waals surface area (Å²) in [6.45, 7) is 0.805. The molecule has 3 aromatic rings. The number of nitro benzene ring substituents is 1. The number of nitrogens with zero attached hydrogens (tertiary/aromatic N) is 3. The van der Waals surface area contributed by atoms with Gasteiger partial charge < -0.3 is 9.88 Å². The van der Waals surface area contributed by atoms with Crippen LogP contribution in [0.5, 0.6) is 0 Å². The highest BCUT2D eigenvalue weighted by Crippen LogP contribution is 2.31. The van der Waals surface area contributed by atoms with Crippen molar-refractivity contribution < 1.29 is 22.9 Å². The second-order valence-electron chi connectivity index (χ2n) is 5.76. The number of rotatable bonds is 4. The van der Waals surface area contributed by atoms with Crippen molar-refractivity contribution in [2.24, 2.45) is 0 Å². The zero-order chi connectivity index (χ0) is 19.8. The van der Waals surface area contributed by atoms with Crippen molar-refractivity contribution >= 4 is 28.3 Å². The molecular weight excluding hydrogens is 365 g/mol. The Kier molecular flexibility index (Phi) is 4.56. The van der Waals surface area contributed by atoms with E-state index in [2.05, 4.69) is 10.3 Å². The third-order valence-electron chi connectivity index (χ3n) is 3.99. The molecule has 0 unspecified atom stereocenters. The molecule has 0 aliphatic carbocycles. The molecule has 0 bridgehead atoms. The fourth-order valence-corrected chi connectivity index (χ4v) is 2.74. The second-order valence-corrected chi connectivity index (χ2v) is 5.76. The first-order chi connectivity index (χ1) is 12.7. The number of carbonyl (C=O) groups is 1. The lowest BCUT2D eigenvalue weighted by Gasteiger charge is -2.12. The number of nitrogens with one attached hydrogen (secondary N) is 1. The maximum Gasteiger partial charge on any atom is 0.449 e. The number of hydrogen-bond acceptors (Lipinski definition) is 4. The van der Waals surface area contributed by atoms with E-state index < -0.39 is 29.4 Å². The van der Waals surface area contributed by atoms with E-state index in [1.807, 2.05) is 0 Å². The molecule has 0 spiro atoms. The number of benzene rings is 2. The number of amides is 1. The summed E-state index contributed by atoms with van der Waals surface area (Å²) in [6, 6.07) is 10.0. The van der Waals surface area contributed by atoms with Crippen LogP contribution in [0.1, 0.15) is 11.4 Å². The Morgan fingerprint density at radius 1 is 1.22 bits per heavy atom. The van der Waals surface area contributed by atoms with Crippen molar-refractivity contribution in [3.8, 4) is 0 Å². The summed E-state index contributed by atoms with van der Waals surface area (Å²) in [4.78, 5) is 26.3. The summed E-state index contributed by atoms with van der Waals surface area (Å²) in [7, 11) is 0. The Morgan fingerprint density at radius 2 is 1.93 bits per heavy atom. The van der Waals surface area contributed by atoms with Crippen molar-refractivity contribution in [2.75, 3.05) is 5.32 Å². The molecule has 0 saturated heterocycles. The van der Waals surface area contributed by atoms with Gasteiger partial charge in [0.05, 0.1) is 27.2 Å². The predicted octanol–water partition coefficient (Wildman–Crippen LogP) is 3.91. The molecule has 7 nitrogen and oxygen atoms in total. The Bertz CT molecular complexity index is 1040. The predicted molar refractivity (Wildman–Crippen MR) is 91.2 cm³/mol. The standard InChI is InChI=1S/C17H13F3N4O3/c1-10-11(6-4-8-13(10)24(26)27)21-15(25)9-23-14-7-3-2-5-12(14)22-16(23)17(18,19)20/h2-8H,9H2,1H3,(H,21,25). The third kappa shape index (κ3) is 3.59. The molecule has 3 rings (SSSR count). The van der Waals surface area contributed by atoms with Crippen molar-refractivity contribution in [1.82, 2.24) is 9.55 Å². The lowest BCUT2D eigenvalue weighted by Crippen LogP contribution is -2.23. The van der Waals surface area contributed by atoms with Crippen LogP contribution in [0.3, 0.4) is 0 Å². The minimum Gasteiger partial charge on any atom is -0.324 e. The van der Waals surface area contributed by atoms with Gasteiger partial charge in [0.2, 0.25) is 11.7 Å². The fraction of sp³-hybridized carbons (Fsp3) is 0.176. The Balaban J connectivity index is 1.93. The number of alkyl halides is 3. The number of halogens is 3. The van der Waals surface area contributed by atoms with Crippen LogP contribution in [0.15, 0.2) is 42.5 Å². The quantitative estimate of drug-likeness (QED) is 0.551. The minimum atomic E-state index is -4.74. The van der Waals surface area contributed by atoms with Crippen molar-refractivity contribution in [3.63, 3.8) is 0 Å². The molecular formula is C17H13F3N4O3. The van der Waals surface area contributed by atoms with E-state index >= 15 is 0 Å². The van der Waals surface area contributed by atoms with E-state index in [9.17, 15) is 28.1 Å². The topological polar surface area (TPSA) is 90.1 Å².